The van der Waals surface area contributed by atoms with Crippen LogP contribution in [-0.4, -0.2) is 47.2 Å². The van der Waals surface area contributed by atoms with Crippen molar-refractivity contribution in [1.29, 1.82) is 0 Å². The smallest absolute Gasteiger partial charge is 0.0602 e. The molecule has 134 valence electrons. The molecule has 0 saturated carbocycles. The molecule has 25 heavy (non-hydrogen) atoms. The molecule has 0 unspecified atom stereocenters. The lowest BCUT2D eigenvalue weighted by Crippen LogP contribution is -2.35. The first-order chi connectivity index (χ1) is 11.6. The summed E-state index contributed by atoms with van der Waals surface area (Å²) < 4.78 is 0. The summed E-state index contributed by atoms with van der Waals surface area (Å²) in [6.07, 6.45) is 0. The van der Waals surface area contributed by atoms with Crippen molar-refractivity contribution in [3.8, 4) is 0 Å². The molecule has 2 aromatic rings. The van der Waals surface area contributed by atoms with Crippen molar-refractivity contribution in [2.24, 2.45) is 0 Å². The van der Waals surface area contributed by atoms with Gasteiger partial charge in [0, 0.05) is 45.0 Å². The predicted octanol–water partition coefficient (Wildman–Crippen LogP) is 4.11. The van der Waals surface area contributed by atoms with Crippen LogP contribution in [0, 0.1) is 0 Å². The zero-order valence-corrected chi connectivity index (χ0v) is 16.9. The summed E-state index contributed by atoms with van der Waals surface area (Å²) in [4.78, 5) is 6.71. The Hall–Kier alpha value is -2.00. The summed E-state index contributed by atoms with van der Waals surface area (Å²) in [5.41, 5.74) is 8.21. The van der Waals surface area contributed by atoms with Crippen LogP contribution >= 0.6 is 0 Å². The standard InChI is InChI=1S/C22H31N3/c1-22(2)19-13-15(23(3)4)9-11-17(19)21(25(7)8)18-12-10-16(24(5)6)14-20(18)22/h9-14,21H,1-8H3. The Morgan fingerprint density at radius 2 is 1.08 bits per heavy atom. The summed E-state index contributed by atoms with van der Waals surface area (Å²) in [7, 11) is 12.8. The minimum absolute atomic E-state index is 0.0186. The molecule has 3 heteroatoms. The number of benzene rings is 2. The van der Waals surface area contributed by atoms with Crippen molar-refractivity contribution in [3.05, 3.63) is 58.7 Å². The fourth-order valence-electron chi connectivity index (χ4n) is 4.07. The van der Waals surface area contributed by atoms with Crippen LogP contribution in [0.4, 0.5) is 11.4 Å². The lowest BCUT2D eigenvalue weighted by Gasteiger charge is -2.42. The molecular formula is C22H31N3. The van der Waals surface area contributed by atoms with Crippen LogP contribution in [0.5, 0.6) is 0 Å². The first-order valence-corrected chi connectivity index (χ1v) is 8.94. The van der Waals surface area contributed by atoms with Gasteiger partial charge < -0.3 is 9.80 Å². The Balaban J connectivity index is 2.29. The maximum atomic E-state index is 2.37. The fraction of sp³-hybridized carbons (Fsp3) is 0.455. The van der Waals surface area contributed by atoms with Crippen LogP contribution in [0.25, 0.3) is 0 Å². The molecule has 1 aliphatic rings. The predicted molar refractivity (Wildman–Crippen MR) is 109 cm³/mol. The third-order valence-electron chi connectivity index (χ3n) is 5.56. The second-order valence-corrected chi connectivity index (χ2v) is 8.32. The number of rotatable bonds is 3. The minimum Gasteiger partial charge on any atom is -0.378 e. The summed E-state index contributed by atoms with van der Waals surface area (Å²) in [6, 6.07) is 14.2. The van der Waals surface area contributed by atoms with Gasteiger partial charge >= 0.3 is 0 Å². The van der Waals surface area contributed by atoms with E-state index in [2.05, 4.69) is 107 Å². The molecule has 2 aromatic carbocycles. The molecule has 0 aromatic heterocycles. The monoisotopic (exact) mass is 337 g/mol. The fourth-order valence-corrected chi connectivity index (χ4v) is 4.07. The Bertz CT molecular complexity index is 726. The van der Waals surface area contributed by atoms with Crippen LogP contribution in [0.2, 0.25) is 0 Å². The molecule has 1 aliphatic carbocycles. The quantitative estimate of drug-likeness (QED) is 0.834. The van der Waals surface area contributed by atoms with Crippen molar-refractivity contribution in [2.75, 3.05) is 52.1 Å². The molecule has 0 bridgehead atoms. The zero-order valence-electron chi connectivity index (χ0n) is 16.9. The second-order valence-electron chi connectivity index (χ2n) is 8.32. The second kappa shape index (κ2) is 6.06. The largest absolute Gasteiger partial charge is 0.378 e. The summed E-state index contributed by atoms with van der Waals surface area (Å²) in [5, 5.41) is 0. The molecular weight excluding hydrogens is 306 g/mol. The highest BCUT2D eigenvalue weighted by Gasteiger charge is 2.38. The highest BCUT2D eigenvalue weighted by atomic mass is 15.1. The van der Waals surface area contributed by atoms with E-state index in [1.807, 2.05) is 0 Å². The van der Waals surface area contributed by atoms with E-state index in [9.17, 15) is 0 Å². The van der Waals surface area contributed by atoms with Gasteiger partial charge in [-0.2, -0.15) is 0 Å². The molecule has 0 amide bonds. The van der Waals surface area contributed by atoms with E-state index in [1.54, 1.807) is 0 Å². The van der Waals surface area contributed by atoms with E-state index in [1.165, 1.54) is 33.6 Å². The normalized spacial score (nSPS) is 15.7. The van der Waals surface area contributed by atoms with Gasteiger partial charge in [-0.25, -0.2) is 0 Å². The van der Waals surface area contributed by atoms with Gasteiger partial charge in [0.25, 0.3) is 0 Å². The maximum absolute atomic E-state index is 2.37. The van der Waals surface area contributed by atoms with Crippen molar-refractivity contribution in [2.45, 2.75) is 25.3 Å². The minimum atomic E-state index is -0.0186. The summed E-state index contributed by atoms with van der Waals surface area (Å²) >= 11 is 0. The van der Waals surface area contributed by atoms with Crippen molar-refractivity contribution >= 4 is 11.4 Å². The highest BCUT2D eigenvalue weighted by molar-refractivity contribution is 5.64. The molecule has 0 heterocycles. The molecule has 3 rings (SSSR count). The van der Waals surface area contributed by atoms with Crippen LogP contribution in [0.15, 0.2) is 36.4 Å². The van der Waals surface area contributed by atoms with Crippen molar-refractivity contribution in [3.63, 3.8) is 0 Å². The van der Waals surface area contributed by atoms with Gasteiger partial charge in [0.2, 0.25) is 0 Å². The first kappa shape index (κ1) is 17.8. The highest BCUT2D eigenvalue weighted by Crippen LogP contribution is 2.49. The Kier molecular flexibility index (Phi) is 4.32. The number of anilines is 2. The number of hydrogen-bond donors (Lipinski definition) is 0. The molecule has 0 atom stereocenters. The Labute approximate surface area is 152 Å². The van der Waals surface area contributed by atoms with Crippen LogP contribution in [0.3, 0.4) is 0 Å². The van der Waals surface area contributed by atoms with Crippen LogP contribution in [0.1, 0.15) is 42.1 Å². The SMILES string of the molecule is CN(C)c1ccc2c(c1)C(C)(C)c1cc(N(C)C)ccc1C2N(C)C. The number of hydrogen-bond acceptors (Lipinski definition) is 3. The third-order valence-corrected chi connectivity index (χ3v) is 5.56. The molecule has 0 N–H and O–H groups in total. The molecule has 0 aliphatic heterocycles. The van der Waals surface area contributed by atoms with Crippen LogP contribution < -0.4 is 9.80 Å². The number of fused-ring (bicyclic) bond motifs is 2. The molecule has 0 saturated heterocycles. The third kappa shape index (κ3) is 2.81. The van der Waals surface area contributed by atoms with E-state index >= 15 is 0 Å². The van der Waals surface area contributed by atoms with Crippen LogP contribution in [-0.2, 0) is 5.41 Å². The van der Waals surface area contributed by atoms with Crippen molar-refractivity contribution in [1.82, 2.24) is 4.90 Å². The van der Waals surface area contributed by atoms with E-state index in [0.29, 0.717) is 6.04 Å². The average Bonchev–Trinajstić information content (AvgIpc) is 2.54. The molecule has 0 spiro atoms. The molecule has 3 nitrogen and oxygen atoms in total. The summed E-state index contributed by atoms with van der Waals surface area (Å²) in [6.45, 7) is 4.71. The van der Waals surface area contributed by atoms with Gasteiger partial charge in [-0.05, 0) is 60.6 Å². The molecule has 0 fully saturated rings. The zero-order chi connectivity index (χ0) is 18.5. The van der Waals surface area contributed by atoms with E-state index < -0.39 is 0 Å². The Morgan fingerprint density at radius 1 is 0.680 bits per heavy atom. The van der Waals surface area contributed by atoms with Gasteiger partial charge in [0.15, 0.2) is 0 Å². The summed E-state index contributed by atoms with van der Waals surface area (Å²) in [5.74, 6) is 0. The van der Waals surface area contributed by atoms with E-state index in [0.717, 1.165) is 0 Å². The topological polar surface area (TPSA) is 9.72 Å². The maximum Gasteiger partial charge on any atom is 0.0602 e. The van der Waals surface area contributed by atoms with Gasteiger partial charge in [-0.1, -0.05) is 26.0 Å². The van der Waals surface area contributed by atoms with Crippen molar-refractivity contribution < 1.29 is 0 Å². The van der Waals surface area contributed by atoms with Gasteiger partial charge in [-0.15, -0.1) is 0 Å². The van der Waals surface area contributed by atoms with E-state index in [4.69, 9.17) is 0 Å². The average molecular weight is 338 g/mol. The number of nitrogens with zero attached hydrogens (tertiary/aromatic N) is 3. The first-order valence-electron chi connectivity index (χ1n) is 8.94. The van der Waals surface area contributed by atoms with Gasteiger partial charge in [-0.3, -0.25) is 4.90 Å². The van der Waals surface area contributed by atoms with E-state index in [-0.39, 0.29) is 5.41 Å². The Morgan fingerprint density at radius 3 is 1.40 bits per heavy atom. The lowest BCUT2D eigenvalue weighted by molar-refractivity contribution is 0.326. The van der Waals surface area contributed by atoms with Gasteiger partial charge in [0.05, 0.1) is 6.04 Å². The molecule has 0 radical (unpaired) electrons. The lowest BCUT2D eigenvalue weighted by atomic mass is 9.66. The van der Waals surface area contributed by atoms with Gasteiger partial charge in [0.1, 0.15) is 0 Å².